The largest absolute Gasteiger partial charge is 0.287 e. The van der Waals surface area contributed by atoms with Crippen LogP contribution in [-0.2, 0) is 21.3 Å². The van der Waals surface area contributed by atoms with Crippen LogP contribution in [0.4, 0.5) is 0 Å². The first-order valence-electron chi connectivity index (χ1n) is 6.30. The summed E-state index contributed by atoms with van der Waals surface area (Å²) in [4.78, 5) is 11.4. The highest BCUT2D eigenvalue weighted by molar-refractivity contribution is 8.20. The molecule has 0 heterocycles. The second-order valence-electron chi connectivity index (χ2n) is 4.36. The van der Waals surface area contributed by atoms with Crippen molar-refractivity contribution in [2.75, 3.05) is 0 Å². The van der Waals surface area contributed by atoms with Crippen LogP contribution in [0.1, 0.15) is 22.6 Å². The molecule has 0 aliphatic carbocycles. The summed E-state index contributed by atoms with van der Waals surface area (Å²) in [7, 11) is -1.14. The highest BCUT2D eigenvalue weighted by Gasteiger charge is 2.21. The fourth-order valence-electron chi connectivity index (χ4n) is 1.85. The van der Waals surface area contributed by atoms with Gasteiger partial charge in [-0.3, -0.25) is 9.00 Å². The number of hydrogen-bond donors (Lipinski definition) is 0. The molecule has 0 N–H and O–H groups in total. The standard InChI is InChI=1S/C16H16O2S2/c1-13(17)19-16(15-10-6-3-7-11-15)20(18)12-14-8-4-2-5-9-14/h2-11,16H,12H2,1H3. The van der Waals surface area contributed by atoms with E-state index in [1.54, 1.807) is 0 Å². The Hall–Kier alpha value is -1.39. The van der Waals surface area contributed by atoms with E-state index in [4.69, 9.17) is 0 Å². The average Bonchev–Trinajstić information content (AvgIpc) is 2.46. The molecular formula is C16H16O2S2. The van der Waals surface area contributed by atoms with E-state index in [1.165, 1.54) is 6.92 Å². The third-order valence-corrected chi connectivity index (χ3v) is 5.85. The van der Waals surface area contributed by atoms with Crippen molar-refractivity contribution in [3.63, 3.8) is 0 Å². The summed E-state index contributed by atoms with van der Waals surface area (Å²) in [6.07, 6.45) is 0. The number of thioether (sulfide) groups is 1. The minimum Gasteiger partial charge on any atom is -0.287 e. The van der Waals surface area contributed by atoms with Crippen molar-refractivity contribution in [3.05, 3.63) is 71.8 Å². The minimum absolute atomic E-state index is 0.0136. The molecule has 2 aromatic carbocycles. The van der Waals surface area contributed by atoms with Gasteiger partial charge < -0.3 is 0 Å². The molecule has 0 radical (unpaired) electrons. The lowest BCUT2D eigenvalue weighted by atomic mass is 10.2. The molecule has 2 aromatic rings. The van der Waals surface area contributed by atoms with Gasteiger partial charge in [-0.2, -0.15) is 0 Å². The van der Waals surface area contributed by atoms with Crippen LogP contribution >= 0.6 is 11.8 Å². The number of rotatable bonds is 5. The zero-order valence-corrected chi connectivity index (χ0v) is 12.8. The van der Waals surface area contributed by atoms with Crippen molar-refractivity contribution in [1.82, 2.24) is 0 Å². The Morgan fingerprint density at radius 2 is 1.60 bits per heavy atom. The molecule has 104 valence electrons. The van der Waals surface area contributed by atoms with E-state index in [9.17, 15) is 9.00 Å². The fraction of sp³-hybridized carbons (Fsp3) is 0.188. The maximum atomic E-state index is 12.6. The summed E-state index contributed by atoms with van der Waals surface area (Å²) in [5.41, 5.74) is 1.96. The van der Waals surface area contributed by atoms with Crippen molar-refractivity contribution in [2.24, 2.45) is 0 Å². The van der Waals surface area contributed by atoms with E-state index in [2.05, 4.69) is 0 Å². The molecule has 2 nitrogen and oxygen atoms in total. The molecule has 0 saturated heterocycles. The Balaban J connectivity index is 2.18. The SMILES string of the molecule is CC(=O)SC(c1ccccc1)S(=O)Cc1ccccc1. The summed E-state index contributed by atoms with van der Waals surface area (Å²) in [6.45, 7) is 1.51. The van der Waals surface area contributed by atoms with E-state index in [0.29, 0.717) is 5.75 Å². The van der Waals surface area contributed by atoms with Crippen LogP contribution in [0.25, 0.3) is 0 Å². The topological polar surface area (TPSA) is 34.1 Å². The third-order valence-electron chi connectivity index (χ3n) is 2.74. The summed E-state index contributed by atoms with van der Waals surface area (Å²) in [5.74, 6) is 0.459. The van der Waals surface area contributed by atoms with Crippen LogP contribution in [0, 0.1) is 0 Å². The van der Waals surface area contributed by atoms with Crippen molar-refractivity contribution in [1.29, 1.82) is 0 Å². The Bertz CT molecular complexity index is 582. The van der Waals surface area contributed by atoms with Gasteiger partial charge in [0.1, 0.15) is 4.58 Å². The van der Waals surface area contributed by atoms with Gasteiger partial charge in [0.15, 0.2) is 5.12 Å². The summed E-state index contributed by atoms with van der Waals surface area (Å²) in [6, 6.07) is 19.3. The quantitative estimate of drug-likeness (QED) is 0.840. The molecule has 0 amide bonds. The Morgan fingerprint density at radius 1 is 1.05 bits per heavy atom. The highest BCUT2D eigenvalue weighted by atomic mass is 32.2. The van der Waals surface area contributed by atoms with Crippen molar-refractivity contribution in [3.8, 4) is 0 Å². The maximum absolute atomic E-state index is 12.6. The summed E-state index contributed by atoms with van der Waals surface area (Å²) >= 11 is 1.14. The molecule has 20 heavy (non-hydrogen) atoms. The first kappa shape index (κ1) is 15.0. The van der Waals surface area contributed by atoms with Gasteiger partial charge in [-0.05, 0) is 11.1 Å². The number of carbonyl (C=O) groups is 1. The molecule has 2 unspecified atom stereocenters. The molecule has 2 rings (SSSR count). The molecule has 0 aliphatic rings. The molecule has 0 spiro atoms. The highest BCUT2D eigenvalue weighted by Crippen LogP contribution is 2.34. The molecule has 0 aliphatic heterocycles. The van der Waals surface area contributed by atoms with Gasteiger partial charge in [-0.15, -0.1) is 0 Å². The molecule has 0 saturated carbocycles. The predicted molar refractivity (Wildman–Crippen MR) is 85.7 cm³/mol. The van der Waals surface area contributed by atoms with Crippen LogP contribution < -0.4 is 0 Å². The molecule has 2 atom stereocenters. The second-order valence-corrected chi connectivity index (χ2v) is 7.46. The molecule has 0 fully saturated rings. The normalized spacial score (nSPS) is 13.7. The van der Waals surface area contributed by atoms with Gasteiger partial charge in [0.05, 0.1) is 5.75 Å². The first-order valence-corrected chi connectivity index (χ1v) is 8.56. The van der Waals surface area contributed by atoms with Gasteiger partial charge in [0, 0.05) is 17.7 Å². The van der Waals surface area contributed by atoms with Crippen LogP contribution in [0.15, 0.2) is 60.7 Å². The van der Waals surface area contributed by atoms with E-state index >= 15 is 0 Å². The van der Waals surface area contributed by atoms with Crippen molar-refractivity contribution >= 4 is 27.7 Å². The van der Waals surface area contributed by atoms with Crippen LogP contribution in [0.5, 0.6) is 0 Å². The third kappa shape index (κ3) is 4.32. The molecule has 0 aromatic heterocycles. The van der Waals surface area contributed by atoms with E-state index in [0.717, 1.165) is 22.9 Å². The Morgan fingerprint density at radius 3 is 2.15 bits per heavy atom. The molecule has 0 bridgehead atoms. The molecule has 4 heteroatoms. The van der Waals surface area contributed by atoms with E-state index in [-0.39, 0.29) is 9.70 Å². The van der Waals surface area contributed by atoms with E-state index < -0.39 is 10.8 Å². The zero-order chi connectivity index (χ0) is 14.4. The second kappa shape index (κ2) is 7.41. The van der Waals surface area contributed by atoms with E-state index in [1.807, 2.05) is 60.7 Å². The van der Waals surface area contributed by atoms with Crippen LogP contribution in [-0.4, -0.2) is 9.32 Å². The van der Waals surface area contributed by atoms with Crippen LogP contribution in [0.2, 0.25) is 0 Å². The van der Waals surface area contributed by atoms with Gasteiger partial charge in [0.25, 0.3) is 0 Å². The maximum Gasteiger partial charge on any atom is 0.187 e. The van der Waals surface area contributed by atoms with Gasteiger partial charge >= 0.3 is 0 Å². The monoisotopic (exact) mass is 304 g/mol. The zero-order valence-electron chi connectivity index (χ0n) is 11.2. The Labute approximate surface area is 126 Å². The summed E-state index contributed by atoms with van der Waals surface area (Å²) < 4.78 is 12.3. The number of benzene rings is 2. The van der Waals surface area contributed by atoms with Gasteiger partial charge in [-0.25, -0.2) is 0 Å². The minimum atomic E-state index is -1.14. The summed E-state index contributed by atoms with van der Waals surface area (Å²) in [5, 5.41) is -0.0136. The fourth-order valence-corrected chi connectivity index (χ4v) is 4.62. The first-order chi connectivity index (χ1) is 9.66. The lowest BCUT2D eigenvalue weighted by Crippen LogP contribution is -2.07. The Kier molecular flexibility index (Phi) is 5.56. The molecular weight excluding hydrogens is 288 g/mol. The smallest absolute Gasteiger partial charge is 0.187 e. The lowest BCUT2D eigenvalue weighted by molar-refractivity contribution is -0.109. The predicted octanol–water partition coefficient (Wildman–Crippen LogP) is 3.91. The average molecular weight is 304 g/mol. The number of carbonyl (C=O) groups excluding carboxylic acids is 1. The van der Waals surface area contributed by atoms with Crippen molar-refractivity contribution < 1.29 is 9.00 Å². The lowest BCUT2D eigenvalue weighted by Gasteiger charge is -2.15. The van der Waals surface area contributed by atoms with Gasteiger partial charge in [0.2, 0.25) is 0 Å². The number of hydrogen-bond acceptors (Lipinski definition) is 3. The van der Waals surface area contributed by atoms with Gasteiger partial charge in [-0.1, -0.05) is 72.4 Å². The van der Waals surface area contributed by atoms with Crippen LogP contribution in [0.3, 0.4) is 0 Å². The van der Waals surface area contributed by atoms with Crippen molar-refractivity contribution in [2.45, 2.75) is 17.3 Å².